The van der Waals surface area contributed by atoms with E-state index < -0.39 is 23.5 Å². The molecule has 4 N–H and O–H groups in total. The number of rotatable bonds is 10. The number of nitrogens with zero attached hydrogens (tertiary/aromatic N) is 3. The van der Waals surface area contributed by atoms with E-state index in [-0.39, 0.29) is 22.5 Å². The van der Waals surface area contributed by atoms with Crippen LogP contribution < -0.4 is 5.14 Å². The molecule has 0 spiro atoms. The van der Waals surface area contributed by atoms with Crippen LogP contribution in [0, 0.1) is 17.6 Å². The van der Waals surface area contributed by atoms with Gasteiger partial charge in [0.2, 0.25) is 10.0 Å². The number of nitrogens with two attached hydrogens (primary N) is 1. The Morgan fingerprint density at radius 1 is 1.16 bits per heavy atom. The molecule has 2 atom stereocenters. The number of thiazole rings is 1. The first kappa shape index (κ1) is 30.1. The summed E-state index contributed by atoms with van der Waals surface area (Å²) in [6.45, 7) is 0. The number of allylic oxidation sites excluding steroid dienone is 1. The molecule has 226 valence electrons. The molecule has 2 aromatic carbocycles. The molecule has 0 bridgehead atoms. The highest BCUT2D eigenvalue weighted by atomic mass is 32.2. The Morgan fingerprint density at radius 2 is 1.98 bits per heavy atom. The third-order valence-corrected chi connectivity index (χ3v) is 9.70. The van der Waals surface area contributed by atoms with E-state index in [0.717, 1.165) is 36.1 Å². The fraction of sp³-hybridized carbons (Fsp3) is 0.355. The molecular formula is C31H32F2N4O4S2. The summed E-state index contributed by atoms with van der Waals surface area (Å²) in [5.74, 6) is -0.521. The van der Waals surface area contributed by atoms with Gasteiger partial charge in [-0.1, -0.05) is 12.1 Å². The third-order valence-electron chi connectivity index (χ3n) is 8.10. The average molecular weight is 627 g/mol. The zero-order valence-corrected chi connectivity index (χ0v) is 25.1. The van der Waals surface area contributed by atoms with Gasteiger partial charge in [0, 0.05) is 35.6 Å². The van der Waals surface area contributed by atoms with Crippen LogP contribution in [0.5, 0.6) is 0 Å². The molecule has 2 aromatic heterocycles. The summed E-state index contributed by atoms with van der Waals surface area (Å²) in [4.78, 5) is 4.35. The fourth-order valence-electron chi connectivity index (χ4n) is 5.57. The summed E-state index contributed by atoms with van der Waals surface area (Å²) in [5, 5.41) is 31.9. The Balaban J connectivity index is 1.49. The highest BCUT2D eigenvalue weighted by molar-refractivity contribution is 7.89. The first-order chi connectivity index (χ1) is 20.7. The largest absolute Gasteiger partial charge is 0.593 e. The summed E-state index contributed by atoms with van der Waals surface area (Å²) >= 11 is -0.719. The zero-order chi connectivity index (χ0) is 30.2. The van der Waals surface area contributed by atoms with Crippen molar-refractivity contribution in [3.05, 3.63) is 87.6 Å². The monoisotopic (exact) mass is 626 g/mol. The highest BCUT2D eigenvalue weighted by Crippen LogP contribution is 2.39. The van der Waals surface area contributed by atoms with E-state index in [1.165, 1.54) is 29.5 Å². The average Bonchev–Trinajstić information content (AvgIpc) is 3.55. The van der Waals surface area contributed by atoms with Gasteiger partial charge in [0.05, 0.1) is 28.9 Å². The van der Waals surface area contributed by atoms with Gasteiger partial charge in [0.25, 0.3) is 0 Å². The molecule has 2 aliphatic carbocycles. The van der Waals surface area contributed by atoms with Crippen LogP contribution in [-0.4, -0.2) is 42.7 Å². The number of methoxy groups -OCH3 is 1. The quantitative estimate of drug-likeness (QED) is 0.160. The summed E-state index contributed by atoms with van der Waals surface area (Å²) in [5.41, 5.74) is 5.21. The van der Waals surface area contributed by atoms with Crippen LogP contribution in [0.25, 0.3) is 22.0 Å². The molecular weight excluding hydrogens is 594 g/mol. The number of ether oxygens (including phenoxy) is 1. The van der Waals surface area contributed by atoms with Crippen molar-refractivity contribution in [3.8, 4) is 16.4 Å². The Labute approximate surface area is 255 Å². The van der Waals surface area contributed by atoms with Crippen molar-refractivity contribution in [2.24, 2.45) is 11.1 Å². The van der Waals surface area contributed by atoms with Crippen LogP contribution in [0.15, 0.2) is 52.7 Å². The van der Waals surface area contributed by atoms with Gasteiger partial charge in [-0.15, -0.1) is 16.5 Å². The van der Waals surface area contributed by atoms with E-state index in [2.05, 4.69) is 4.98 Å². The predicted octanol–water partition coefficient (Wildman–Crippen LogP) is 5.36. The van der Waals surface area contributed by atoms with E-state index in [9.17, 15) is 19.2 Å². The molecule has 0 radical (unpaired) electrons. The third kappa shape index (κ3) is 6.46. The number of aliphatic hydroxyl groups is 2. The molecule has 2 aliphatic rings. The Kier molecular flexibility index (Phi) is 8.79. The lowest BCUT2D eigenvalue weighted by atomic mass is 9.89. The number of benzene rings is 2. The van der Waals surface area contributed by atoms with Gasteiger partial charge in [-0.05, 0) is 85.9 Å². The SMILES string of the molecule is COC1CC=C(c2cc(-c3nn(-c4nc(C(O)O)cs4)c(CC4CC4)c3Cc3ccc([S+](N)[O-])c(F)c3)ccc2F)CC1. The lowest BCUT2D eigenvalue weighted by molar-refractivity contribution is -0.0454. The maximum absolute atomic E-state index is 15.2. The van der Waals surface area contributed by atoms with Crippen molar-refractivity contribution in [1.82, 2.24) is 14.8 Å². The molecule has 1 saturated carbocycles. The molecule has 0 saturated heterocycles. The van der Waals surface area contributed by atoms with Crippen molar-refractivity contribution in [2.75, 3.05) is 7.11 Å². The second-order valence-corrected chi connectivity index (χ2v) is 12.9. The topological polar surface area (TPSA) is 129 Å². The molecule has 0 amide bonds. The molecule has 8 nitrogen and oxygen atoms in total. The molecule has 0 aliphatic heterocycles. The normalized spacial score (nSPS) is 17.9. The first-order valence-electron chi connectivity index (χ1n) is 14.1. The fourth-order valence-corrected chi connectivity index (χ4v) is 6.83. The molecule has 2 unspecified atom stereocenters. The van der Waals surface area contributed by atoms with Crippen LogP contribution in [-0.2, 0) is 28.9 Å². The van der Waals surface area contributed by atoms with Gasteiger partial charge in [-0.25, -0.2) is 18.4 Å². The van der Waals surface area contributed by atoms with Crippen LogP contribution in [0.1, 0.15) is 66.5 Å². The number of aromatic nitrogens is 3. The molecule has 4 aromatic rings. The zero-order valence-electron chi connectivity index (χ0n) is 23.5. The number of aliphatic hydroxyl groups excluding tert-OH is 1. The molecule has 6 rings (SSSR count). The van der Waals surface area contributed by atoms with Gasteiger partial charge in [-0.3, -0.25) is 0 Å². The van der Waals surface area contributed by atoms with Crippen molar-refractivity contribution >= 4 is 28.3 Å². The molecule has 12 heteroatoms. The molecule has 43 heavy (non-hydrogen) atoms. The van der Waals surface area contributed by atoms with E-state index in [4.69, 9.17) is 15.0 Å². The summed E-state index contributed by atoms with van der Waals surface area (Å²) in [6.07, 6.45) is 5.76. The molecule has 1 fully saturated rings. The van der Waals surface area contributed by atoms with Crippen molar-refractivity contribution in [3.63, 3.8) is 0 Å². The first-order valence-corrected chi connectivity index (χ1v) is 16.2. The van der Waals surface area contributed by atoms with E-state index in [1.54, 1.807) is 29.3 Å². The lowest BCUT2D eigenvalue weighted by Gasteiger charge is -2.21. The van der Waals surface area contributed by atoms with Gasteiger partial charge < -0.3 is 19.5 Å². The van der Waals surface area contributed by atoms with E-state index >= 15 is 4.39 Å². The minimum absolute atomic E-state index is 0.0737. The second kappa shape index (κ2) is 12.6. The minimum Gasteiger partial charge on any atom is -0.593 e. The van der Waals surface area contributed by atoms with Crippen LogP contribution >= 0.6 is 11.3 Å². The summed E-state index contributed by atoms with van der Waals surface area (Å²) in [6, 6.07) is 9.43. The Morgan fingerprint density at radius 3 is 2.60 bits per heavy atom. The van der Waals surface area contributed by atoms with Gasteiger partial charge >= 0.3 is 0 Å². The maximum Gasteiger partial charge on any atom is 0.210 e. The van der Waals surface area contributed by atoms with Gasteiger partial charge in [-0.2, -0.15) is 5.10 Å². The smallest absolute Gasteiger partial charge is 0.210 e. The predicted molar refractivity (Wildman–Crippen MR) is 161 cm³/mol. The van der Waals surface area contributed by atoms with Crippen LogP contribution in [0.3, 0.4) is 0 Å². The van der Waals surface area contributed by atoms with Gasteiger partial charge in [0.15, 0.2) is 12.1 Å². The summed E-state index contributed by atoms with van der Waals surface area (Å²) < 4.78 is 49.0. The Hall–Kier alpha value is -2.97. The number of hydrogen-bond acceptors (Lipinski definition) is 8. The van der Waals surface area contributed by atoms with Crippen molar-refractivity contribution in [1.29, 1.82) is 0 Å². The maximum atomic E-state index is 15.2. The lowest BCUT2D eigenvalue weighted by Crippen LogP contribution is -2.14. The van der Waals surface area contributed by atoms with Gasteiger partial charge in [0.1, 0.15) is 11.5 Å². The Bertz CT molecular complexity index is 1670. The number of hydrogen-bond donors (Lipinski definition) is 3. The molecule has 2 heterocycles. The van der Waals surface area contributed by atoms with Crippen LogP contribution in [0.4, 0.5) is 8.78 Å². The minimum atomic E-state index is -1.95. The summed E-state index contributed by atoms with van der Waals surface area (Å²) in [7, 11) is 1.68. The standard InChI is InChI=1S/C31H32F2N4O4S2/c1-41-21-8-5-19(6-9-21)22-15-20(7-10-24(22)32)29-23(12-18-4-11-28(43(34)40)25(33)13-18)27(14-17-2-3-17)37(36-29)31-35-26(16-42-31)30(38)39/h4-5,7,10-11,13,15-17,21,30,38-39H,2-3,6,8-9,12,14,34H2,1H3. The van der Waals surface area contributed by atoms with Crippen molar-refractivity contribution in [2.45, 2.75) is 62.2 Å². The van der Waals surface area contributed by atoms with Crippen molar-refractivity contribution < 1.29 is 28.3 Å². The highest BCUT2D eigenvalue weighted by Gasteiger charge is 2.30. The second-order valence-electron chi connectivity index (χ2n) is 11.1. The van der Waals surface area contributed by atoms with E-state index in [1.807, 2.05) is 12.1 Å². The van der Waals surface area contributed by atoms with Crippen LogP contribution in [0.2, 0.25) is 0 Å². The number of halogens is 2. The van der Waals surface area contributed by atoms with E-state index in [0.29, 0.717) is 59.1 Å².